The van der Waals surface area contributed by atoms with Crippen LogP contribution < -0.4 is 14.2 Å². The predicted octanol–water partition coefficient (Wildman–Crippen LogP) is 14.2. The minimum Gasteiger partial charge on any atom is -0.497 e. The van der Waals surface area contributed by atoms with Crippen LogP contribution in [0.5, 0.6) is 17.2 Å². The van der Waals surface area contributed by atoms with Crippen molar-refractivity contribution in [2.75, 3.05) is 21.3 Å². The molecule has 294 valence electrons. The second-order valence-electron chi connectivity index (χ2n) is 15.0. The van der Waals surface area contributed by atoms with Gasteiger partial charge >= 0.3 is 0 Å². The van der Waals surface area contributed by atoms with E-state index in [9.17, 15) is 0 Å². The zero-order valence-corrected chi connectivity index (χ0v) is 36.5. The van der Waals surface area contributed by atoms with E-state index in [0.29, 0.717) is 0 Å². The fourth-order valence-electron chi connectivity index (χ4n) is 5.05. The van der Waals surface area contributed by atoms with Gasteiger partial charge in [-0.25, -0.2) is 0 Å². The quantitative estimate of drug-likeness (QED) is 0.181. The second-order valence-corrected chi connectivity index (χ2v) is 15.0. The molecule has 0 aromatic heterocycles. The minimum atomic E-state index is 0.285. The van der Waals surface area contributed by atoms with Gasteiger partial charge in [0, 0.05) is 6.07 Å². The smallest absolute Gasteiger partial charge is 0.122 e. The van der Waals surface area contributed by atoms with Crippen LogP contribution >= 0.6 is 0 Å². The van der Waals surface area contributed by atoms with Gasteiger partial charge in [-0.05, 0) is 103 Å². The summed E-state index contributed by atoms with van der Waals surface area (Å²) in [7, 11) is 4.97. The Labute approximate surface area is 335 Å². The van der Waals surface area contributed by atoms with E-state index in [2.05, 4.69) is 155 Å². The van der Waals surface area contributed by atoms with E-state index in [1.165, 1.54) is 50.1 Å². The third-order valence-electron chi connectivity index (χ3n) is 8.19. The SMILES string of the molecule is COc1cc(C)cc(OC)c1.COc1ccc(C)cc1.Cc1cc(C)cc(C)c1.Cc1ccc(C(C)(C)C)cc1.Cc1ccc(C)cc1.Cc1ccccc1. The molecule has 3 heteroatoms. The Bertz CT molecular complexity index is 1790. The summed E-state index contributed by atoms with van der Waals surface area (Å²) in [5.41, 5.74) is 13.5. The Balaban J connectivity index is 0.000000332. The molecule has 0 aliphatic rings. The molecule has 6 rings (SSSR count). The van der Waals surface area contributed by atoms with E-state index < -0.39 is 0 Å². The molecule has 55 heavy (non-hydrogen) atoms. The van der Waals surface area contributed by atoms with Crippen molar-refractivity contribution in [2.45, 2.75) is 88.5 Å². The van der Waals surface area contributed by atoms with Crippen LogP contribution in [0.15, 0.2) is 140 Å². The van der Waals surface area contributed by atoms with Crippen molar-refractivity contribution in [1.82, 2.24) is 0 Å². The number of hydrogen-bond donors (Lipinski definition) is 0. The van der Waals surface area contributed by atoms with Gasteiger partial charge in [-0.15, -0.1) is 0 Å². The number of aryl methyl sites for hydroxylation is 9. The van der Waals surface area contributed by atoms with Crippen LogP contribution in [-0.4, -0.2) is 21.3 Å². The van der Waals surface area contributed by atoms with Crippen molar-refractivity contribution in [3.63, 3.8) is 0 Å². The molecular formula is C52H68O3. The highest BCUT2D eigenvalue weighted by molar-refractivity contribution is 5.37. The highest BCUT2D eigenvalue weighted by Crippen LogP contribution is 2.22. The maximum Gasteiger partial charge on any atom is 0.122 e. The average molecular weight is 741 g/mol. The zero-order valence-electron chi connectivity index (χ0n) is 36.5. The van der Waals surface area contributed by atoms with Gasteiger partial charge in [0.15, 0.2) is 0 Å². The van der Waals surface area contributed by atoms with Gasteiger partial charge in [-0.1, -0.05) is 174 Å². The first-order valence-electron chi connectivity index (χ1n) is 18.9. The van der Waals surface area contributed by atoms with Crippen molar-refractivity contribution in [1.29, 1.82) is 0 Å². The maximum absolute atomic E-state index is 5.06. The number of benzene rings is 6. The fourth-order valence-corrected chi connectivity index (χ4v) is 5.05. The summed E-state index contributed by atoms with van der Waals surface area (Å²) < 4.78 is 15.1. The van der Waals surface area contributed by atoms with E-state index in [0.717, 1.165) is 22.8 Å². The van der Waals surface area contributed by atoms with Crippen molar-refractivity contribution in [3.8, 4) is 17.2 Å². The van der Waals surface area contributed by atoms with Crippen molar-refractivity contribution in [3.05, 3.63) is 195 Å². The summed E-state index contributed by atoms with van der Waals surface area (Å²) in [5, 5.41) is 0. The summed E-state index contributed by atoms with van der Waals surface area (Å²) in [6.45, 7) is 25.5. The Morgan fingerprint density at radius 3 is 0.873 bits per heavy atom. The van der Waals surface area contributed by atoms with E-state index in [-0.39, 0.29) is 5.41 Å². The predicted molar refractivity (Wildman–Crippen MR) is 240 cm³/mol. The van der Waals surface area contributed by atoms with Gasteiger partial charge in [0.25, 0.3) is 0 Å². The van der Waals surface area contributed by atoms with E-state index in [1.807, 2.05) is 67.6 Å². The molecule has 6 aromatic carbocycles. The highest BCUT2D eigenvalue weighted by atomic mass is 16.5. The van der Waals surface area contributed by atoms with Gasteiger partial charge in [-0.3, -0.25) is 0 Å². The second kappa shape index (κ2) is 25.7. The summed E-state index contributed by atoms with van der Waals surface area (Å²) in [5.74, 6) is 2.59. The molecule has 0 atom stereocenters. The number of rotatable bonds is 3. The Hall–Kier alpha value is -5.28. The van der Waals surface area contributed by atoms with Crippen LogP contribution in [0.25, 0.3) is 0 Å². The van der Waals surface area contributed by atoms with Crippen molar-refractivity contribution >= 4 is 0 Å². The van der Waals surface area contributed by atoms with Gasteiger partial charge in [0.05, 0.1) is 21.3 Å². The monoisotopic (exact) mass is 741 g/mol. The normalized spacial score (nSPS) is 9.73. The highest BCUT2D eigenvalue weighted by Gasteiger charge is 2.11. The molecule has 0 radical (unpaired) electrons. The average Bonchev–Trinajstić information content (AvgIpc) is 3.14. The van der Waals surface area contributed by atoms with Crippen LogP contribution in [0.2, 0.25) is 0 Å². The third kappa shape index (κ3) is 22.5. The van der Waals surface area contributed by atoms with Crippen LogP contribution in [0.4, 0.5) is 0 Å². The zero-order chi connectivity index (χ0) is 41.4. The lowest BCUT2D eigenvalue weighted by molar-refractivity contribution is 0.394. The fraction of sp³-hybridized carbons (Fsp3) is 0.308. The number of hydrogen-bond acceptors (Lipinski definition) is 3. The summed E-state index contributed by atoms with van der Waals surface area (Å²) >= 11 is 0. The standard InChI is InChI=1S/C11H16.C9H12O2.C9H12.C8H10O.C8H10.C7H8/c1-9-5-7-10(8-6-9)11(2,3)4;1-7-4-8(10-2)6-9(5-7)11-3;1-7-4-8(2)6-9(3)5-7;1-7-3-5-8(9-2)6-4-7;1-7-3-5-8(2)6-4-7;1-7-5-3-2-4-6-7/h5-8H,1-4H3;4-6H,1-3H3;4-6H,1-3H3;3-6H,1-2H3;3-6H,1-2H3;2-6H,1H3. The Kier molecular flexibility index (Phi) is 22.3. The van der Waals surface area contributed by atoms with E-state index in [1.54, 1.807) is 21.3 Å². The Morgan fingerprint density at radius 1 is 0.291 bits per heavy atom. The molecule has 0 spiro atoms. The molecule has 0 N–H and O–H groups in total. The third-order valence-corrected chi connectivity index (χ3v) is 8.19. The molecule has 0 heterocycles. The first-order chi connectivity index (χ1) is 25.9. The largest absolute Gasteiger partial charge is 0.497 e. The molecule has 0 fully saturated rings. The first kappa shape index (κ1) is 47.7. The molecule has 0 aliphatic carbocycles. The van der Waals surface area contributed by atoms with E-state index >= 15 is 0 Å². The van der Waals surface area contributed by atoms with Crippen molar-refractivity contribution < 1.29 is 14.2 Å². The van der Waals surface area contributed by atoms with Gasteiger partial charge in [-0.2, -0.15) is 0 Å². The molecule has 0 bridgehead atoms. The lowest BCUT2D eigenvalue weighted by atomic mass is 9.87. The van der Waals surface area contributed by atoms with Crippen LogP contribution in [0.3, 0.4) is 0 Å². The molecule has 0 aliphatic heterocycles. The maximum atomic E-state index is 5.06. The molecule has 0 saturated carbocycles. The summed E-state index contributed by atoms with van der Waals surface area (Å²) in [4.78, 5) is 0. The molecule has 3 nitrogen and oxygen atoms in total. The summed E-state index contributed by atoms with van der Waals surface area (Å²) in [6.07, 6.45) is 0. The van der Waals surface area contributed by atoms with E-state index in [4.69, 9.17) is 14.2 Å². The van der Waals surface area contributed by atoms with Gasteiger partial charge in [0.2, 0.25) is 0 Å². The van der Waals surface area contributed by atoms with Crippen LogP contribution in [-0.2, 0) is 5.41 Å². The topological polar surface area (TPSA) is 27.7 Å². The lowest BCUT2D eigenvalue weighted by Gasteiger charge is -2.18. The van der Waals surface area contributed by atoms with Crippen LogP contribution in [0.1, 0.15) is 76.4 Å². The first-order valence-corrected chi connectivity index (χ1v) is 18.9. The van der Waals surface area contributed by atoms with Crippen molar-refractivity contribution in [2.24, 2.45) is 0 Å². The van der Waals surface area contributed by atoms with Gasteiger partial charge < -0.3 is 14.2 Å². The number of methoxy groups -OCH3 is 3. The molecule has 0 unspecified atom stereocenters. The molecular weight excluding hydrogens is 673 g/mol. The van der Waals surface area contributed by atoms with Crippen LogP contribution in [0, 0.1) is 62.3 Å². The lowest BCUT2D eigenvalue weighted by Crippen LogP contribution is -2.10. The molecule has 6 aromatic rings. The number of ether oxygens (including phenoxy) is 3. The molecule has 0 saturated heterocycles. The Morgan fingerprint density at radius 2 is 0.582 bits per heavy atom. The summed E-state index contributed by atoms with van der Waals surface area (Å²) in [6, 6.07) is 47.8. The molecule has 0 amide bonds. The minimum absolute atomic E-state index is 0.285. The van der Waals surface area contributed by atoms with Gasteiger partial charge in [0.1, 0.15) is 17.2 Å².